The van der Waals surface area contributed by atoms with E-state index in [1.54, 1.807) is 0 Å². The van der Waals surface area contributed by atoms with Crippen molar-refractivity contribution in [2.45, 2.75) is 55.2 Å². The lowest BCUT2D eigenvalue weighted by molar-refractivity contribution is -0.0553. The summed E-state index contributed by atoms with van der Waals surface area (Å²) in [7, 11) is 0. The van der Waals surface area contributed by atoms with Crippen LogP contribution in [0.4, 0.5) is 0 Å². The van der Waals surface area contributed by atoms with Crippen LogP contribution in [0.25, 0.3) is 0 Å². The third kappa shape index (κ3) is 3.54. The van der Waals surface area contributed by atoms with E-state index in [1.165, 1.54) is 38.5 Å². The Morgan fingerprint density at radius 1 is 1.04 bits per heavy atom. The highest BCUT2D eigenvalue weighted by Crippen LogP contribution is 2.63. The molecular weight excluding hydrogens is 419 g/mol. The van der Waals surface area contributed by atoms with Gasteiger partial charge in [-0.1, -0.05) is 34.8 Å². The summed E-state index contributed by atoms with van der Waals surface area (Å²) in [5, 5.41) is 2.02. The van der Waals surface area contributed by atoms with Crippen molar-refractivity contribution in [2.24, 2.45) is 23.2 Å². The molecule has 0 aliphatic heterocycles. The summed E-state index contributed by atoms with van der Waals surface area (Å²) in [4.78, 5) is 5.38. The summed E-state index contributed by atoms with van der Waals surface area (Å²) < 4.78 is 2.23. The van der Waals surface area contributed by atoms with E-state index in [-0.39, 0.29) is 0 Å². The normalized spacial score (nSPS) is 32.8. The smallest absolute Gasteiger partial charge is 0.0946 e. The van der Waals surface area contributed by atoms with Crippen molar-refractivity contribution in [1.82, 2.24) is 9.55 Å². The van der Waals surface area contributed by atoms with Crippen molar-refractivity contribution >= 4 is 46.6 Å². The Bertz CT molecular complexity index is 778. The van der Waals surface area contributed by atoms with Crippen LogP contribution < -0.4 is 0 Å². The molecule has 1 unspecified atom stereocenters. The molecule has 0 radical (unpaired) electrons. The van der Waals surface area contributed by atoms with E-state index in [0.717, 1.165) is 29.2 Å². The van der Waals surface area contributed by atoms with E-state index >= 15 is 0 Å². The number of aromatic nitrogens is 2. The second-order valence-corrected chi connectivity index (χ2v) is 11.3. The van der Waals surface area contributed by atoms with E-state index in [2.05, 4.69) is 15.7 Å². The standard InChI is InChI=1S/C21H23Cl3N2S/c22-17-6-16(7-18(23)20(17)24)27-19(11-26-2-1-25-12-26)21-8-13-3-14(9-21)5-15(4-13)10-21/h1-2,6-7,12-15,19H,3-5,8-11H2. The Balaban J connectivity index is 1.48. The number of thioether (sulfide) groups is 1. The van der Waals surface area contributed by atoms with E-state index in [9.17, 15) is 0 Å². The maximum absolute atomic E-state index is 6.32. The van der Waals surface area contributed by atoms with Crippen molar-refractivity contribution in [1.29, 1.82) is 0 Å². The molecular formula is C21H23Cl3N2S. The number of nitrogens with zero attached hydrogens (tertiary/aromatic N) is 2. The number of halogens is 3. The van der Waals surface area contributed by atoms with Crippen LogP contribution in [0, 0.1) is 23.2 Å². The van der Waals surface area contributed by atoms with Crippen molar-refractivity contribution in [3.63, 3.8) is 0 Å². The summed E-state index contributed by atoms with van der Waals surface area (Å²) in [6, 6.07) is 3.95. The number of hydrogen-bond acceptors (Lipinski definition) is 2. The fourth-order valence-corrected chi connectivity index (χ4v) is 8.49. The molecule has 0 amide bonds. The lowest BCUT2D eigenvalue weighted by atomic mass is 9.48. The lowest BCUT2D eigenvalue weighted by Crippen LogP contribution is -2.51. The van der Waals surface area contributed by atoms with Gasteiger partial charge in [0.25, 0.3) is 0 Å². The molecule has 2 nitrogen and oxygen atoms in total. The summed E-state index contributed by atoms with van der Waals surface area (Å²) in [6.45, 7) is 0.981. The number of hydrogen-bond donors (Lipinski definition) is 0. The molecule has 4 saturated carbocycles. The Morgan fingerprint density at radius 2 is 1.63 bits per heavy atom. The number of imidazole rings is 1. The predicted octanol–water partition coefficient (Wildman–Crippen LogP) is 7.22. The molecule has 1 aromatic heterocycles. The first-order chi connectivity index (χ1) is 13.0. The van der Waals surface area contributed by atoms with Gasteiger partial charge >= 0.3 is 0 Å². The van der Waals surface area contributed by atoms with Crippen molar-refractivity contribution in [3.8, 4) is 0 Å². The quantitative estimate of drug-likeness (QED) is 0.360. The molecule has 4 aliphatic rings. The SMILES string of the molecule is Clc1cc(SC(Cn2ccnc2)C23CC4CC(CC(C4)C2)C3)cc(Cl)c1Cl. The van der Waals surface area contributed by atoms with Gasteiger partial charge in [-0.3, -0.25) is 0 Å². The molecule has 1 heterocycles. The first-order valence-corrected chi connectivity index (χ1v) is 11.8. The Hall–Kier alpha value is -0.350. The molecule has 0 N–H and O–H groups in total. The zero-order valence-electron chi connectivity index (χ0n) is 15.1. The van der Waals surface area contributed by atoms with Crippen LogP contribution in [-0.4, -0.2) is 14.8 Å². The first kappa shape index (κ1) is 18.7. The van der Waals surface area contributed by atoms with Crippen LogP contribution in [0.2, 0.25) is 15.1 Å². The Kier molecular flexibility index (Phi) is 4.95. The zero-order chi connectivity index (χ0) is 18.6. The molecule has 6 heteroatoms. The van der Waals surface area contributed by atoms with Crippen molar-refractivity contribution in [3.05, 3.63) is 45.9 Å². The highest BCUT2D eigenvalue weighted by atomic mass is 35.5. The molecule has 2 aromatic rings. The highest BCUT2D eigenvalue weighted by molar-refractivity contribution is 8.00. The van der Waals surface area contributed by atoms with Crippen molar-refractivity contribution < 1.29 is 0 Å². The third-order valence-corrected chi connectivity index (χ3v) is 9.58. The first-order valence-electron chi connectivity index (χ1n) is 9.78. The van der Waals surface area contributed by atoms with Gasteiger partial charge in [0.1, 0.15) is 0 Å². The summed E-state index contributed by atoms with van der Waals surface area (Å²) in [5.41, 5.74) is 0.419. The minimum absolute atomic E-state index is 0.419. The lowest BCUT2D eigenvalue weighted by Gasteiger charge is -2.59. The molecule has 4 fully saturated rings. The molecule has 0 spiro atoms. The van der Waals surface area contributed by atoms with Crippen LogP contribution in [0.1, 0.15) is 38.5 Å². The molecule has 6 rings (SSSR count). The highest BCUT2D eigenvalue weighted by Gasteiger charge is 2.54. The average Bonchev–Trinajstić information content (AvgIpc) is 3.11. The second-order valence-electron chi connectivity index (χ2n) is 8.85. The summed E-state index contributed by atoms with van der Waals surface area (Å²) >= 11 is 20.7. The minimum atomic E-state index is 0.419. The van der Waals surface area contributed by atoms with Gasteiger partial charge in [-0.15, -0.1) is 11.8 Å². The van der Waals surface area contributed by atoms with Gasteiger partial charge < -0.3 is 4.57 Å². The molecule has 27 heavy (non-hydrogen) atoms. The van der Waals surface area contributed by atoms with Gasteiger partial charge in [-0.2, -0.15) is 0 Å². The van der Waals surface area contributed by atoms with Crippen LogP contribution >= 0.6 is 46.6 Å². The molecule has 144 valence electrons. The van der Waals surface area contributed by atoms with Crippen LogP contribution in [0.5, 0.6) is 0 Å². The Labute approximate surface area is 180 Å². The minimum Gasteiger partial charge on any atom is -0.336 e. The molecule has 0 saturated heterocycles. The van der Waals surface area contributed by atoms with E-state index < -0.39 is 0 Å². The predicted molar refractivity (Wildman–Crippen MR) is 114 cm³/mol. The fourth-order valence-electron chi connectivity index (χ4n) is 6.28. The van der Waals surface area contributed by atoms with Crippen molar-refractivity contribution in [2.75, 3.05) is 0 Å². The zero-order valence-corrected chi connectivity index (χ0v) is 18.2. The van der Waals surface area contributed by atoms with Gasteiger partial charge in [-0.25, -0.2) is 4.98 Å². The topological polar surface area (TPSA) is 17.8 Å². The molecule has 1 aromatic carbocycles. The summed E-state index contributed by atoms with van der Waals surface area (Å²) in [6.07, 6.45) is 14.4. The van der Waals surface area contributed by atoms with E-state index in [0.29, 0.717) is 25.7 Å². The summed E-state index contributed by atoms with van der Waals surface area (Å²) in [5.74, 6) is 2.79. The Morgan fingerprint density at radius 3 is 2.15 bits per heavy atom. The van der Waals surface area contributed by atoms with Gasteiger partial charge in [0, 0.05) is 29.1 Å². The molecule has 4 bridgehead atoms. The molecule has 1 atom stereocenters. The van der Waals surface area contributed by atoms with Crippen LogP contribution in [0.3, 0.4) is 0 Å². The van der Waals surface area contributed by atoms with Gasteiger partial charge in [0.15, 0.2) is 0 Å². The number of benzene rings is 1. The van der Waals surface area contributed by atoms with Gasteiger partial charge in [0.05, 0.1) is 21.4 Å². The van der Waals surface area contributed by atoms with Gasteiger partial charge in [-0.05, 0) is 73.8 Å². The van der Waals surface area contributed by atoms with Crippen LogP contribution in [0.15, 0.2) is 35.7 Å². The molecule has 4 aliphatic carbocycles. The third-order valence-electron chi connectivity index (χ3n) is 6.94. The monoisotopic (exact) mass is 440 g/mol. The second kappa shape index (κ2) is 7.16. The average molecular weight is 442 g/mol. The maximum atomic E-state index is 6.32. The van der Waals surface area contributed by atoms with Gasteiger partial charge in [0.2, 0.25) is 0 Å². The maximum Gasteiger partial charge on any atom is 0.0946 e. The number of rotatable bonds is 5. The van der Waals surface area contributed by atoms with Crippen LogP contribution in [-0.2, 0) is 6.54 Å². The van der Waals surface area contributed by atoms with E-state index in [1.807, 2.05) is 36.4 Å². The fraction of sp³-hybridized carbons (Fsp3) is 0.571. The largest absolute Gasteiger partial charge is 0.336 e. The van der Waals surface area contributed by atoms with E-state index in [4.69, 9.17) is 34.8 Å².